The van der Waals surface area contributed by atoms with E-state index >= 15 is 0 Å². The zero-order valence-corrected chi connectivity index (χ0v) is 21.6. The summed E-state index contributed by atoms with van der Waals surface area (Å²) in [6, 6.07) is 7.81. The van der Waals surface area contributed by atoms with E-state index in [-0.39, 0.29) is 5.96 Å². The number of methoxy groups -OCH3 is 1. The molecular formula is C23H36N8OS2. The lowest BCUT2D eigenvalue weighted by atomic mass is 10.2. The zero-order chi connectivity index (χ0) is 24.6. The molecule has 0 aromatic carbocycles. The van der Waals surface area contributed by atoms with E-state index < -0.39 is 0 Å². The molecule has 0 aliphatic heterocycles. The van der Waals surface area contributed by atoms with Crippen molar-refractivity contribution < 1.29 is 4.74 Å². The van der Waals surface area contributed by atoms with E-state index in [1.807, 2.05) is 41.1 Å². The van der Waals surface area contributed by atoms with E-state index in [4.69, 9.17) is 21.6 Å². The number of nitrogens with one attached hydrogen (secondary N) is 2. The topological polar surface area (TPSA) is 139 Å². The zero-order valence-electron chi connectivity index (χ0n) is 20.0. The van der Waals surface area contributed by atoms with Crippen molar-refractivity contribution in [2.24, 2.45) is 16.5 Å². The molecule has 2 aromatic heterocycles. The minimum atomic E-state index is 0.0752. The first-order valence-corrected chi connectivity index (χ1v) is 13.5. The van der Waals surface area contributed by atoms with Crippen LogP contribution in [0.4, 0.5) is 0 Å². The molecule has 2 rings (SSSR count). The van der Waals surface area contributed by atoms with Gasteiger partial charge in [0, 0.05) is 61.6 Å². The van der Waals surface area contributed by atoms with Crippen LogP contribution in [0.25, 0.3) is 0 Å². The normalized spacial score (nSPS) is 11.3. The van der Waals surface area contributed by atoms with Crippen LogP contribution in [0, 0.1) is 12.3 Å². The van der Waals surface area contributed by atoms with Gasteiger partial charge in [-0.2, -0.15) is 23.5 Å². The van der Waals surface area contributed by atoms with Gasteiger partial charge < -0.3 is 26.4 Å². The maximum absolute atomic E-state index is 7.82. The van der Waals surface area contributed by atoms with Gasteiger partial charge in [-0.15, -0.1) is 0 Å². The fourth-order valence-electron chi connectivity index (χ4n) is 3.02. The molecule has 0 radical (unpaired) electrons. The number of pyridine rings is 2. The Morgan fingerprint density at radius 3 is 2.53 bits per heavy atom. The van der Waals surface area contributed by atoms with E-state index in [2.05, 4.69) is 33.3 Å². The van der Waals surface area contributed by atoms with E-state index in [1.165, 1.54) is 5.56 Å². The Morgan fingerprint density at radius 1 is 1.09 bits per heavy atom. The van der Waals surface area contributed by atoms with Crippen LogP contribution in [0.3, 0.4) is 0 Å². The van der Waals surface area contributed by atoms with Crippen LogP contribution in [0.1, 0.15) is 23.4 Å². The predicted octanol–water partition coefficient (Wildman–Crippen LogP) is 2.45. The van der Waals surface area contributed by atoms with Gasteiger partial charge in [-0.1, -0.05) is 6.07 Å². The molecule has 0 fully saturated rings. The Hall–Kier alpha value is -2.66. The fourth-order valence-corrected chi connectivity index (χ4v) is 4.81. The highest BCUT2D eigenvalue weighted by molar-refractivity contribution is 7.98. The van der Waals surface area contributed by atoms with Crippen LogP contribution in [0.15, 0.2) is 41.7 Å². The first-order chi connectivity index (χ1) is 16.5. The van der Waals surface area contributed by atoms with Crippen LogP contribution in [-0.2, 0) is 11.5 Å². The van der Waals surface area contributed by atoms with Crippen molar-refractivity contribution in [1.82, 2.24) is 20.2 Å². The van der Waals surface area contributed by atoms with Gasteiger partial charge in [0.2, 0.25) is 0 Å². The van der Waals surface area contributed by atoms with Crippen molar-refractivity contribution in [2.75, 3.05) is 44.8 Å². The van der Waals surface area contributed by atoms with Gasteiger partial charge in [0.15, 0.2) is 11.9 Å². The van der Waals surface area contributed by atoms with Crippen LogP contribution in [0.2, 0.25) is 0 Å². The minimum absolute atomic E-state index is 0.0752. The second-order valence-electron chi connectivity index (χ2n) is 7.44. The number of aryl methyl sites for hydroxylation is 1. The SMILES string of the molecule is COc1cccnc1CSCCN(CCCN=C(N)NCCSCc1ncccc1C)C(=N)N. The van der Waals surface area contributed by atoms with Crippen molar-refractivity contribution in [2.45, 2.75) is 24.9 Å². The number of nitrogens with two attached hydrogens (primary N) is 2. The Morgan fingerprint density at radius 2 is 1.79 bits per heavy atom. The standard InChI is InChI=1S/C23H36N8OS2/c1-18-6-3-8-27-19(18)16-33-14-11-30-23(26)29-10-5-12-31(22(24)25)13-15-34-17-20-21(32-2)7-4-9-28-20/h3-4,6-9H,5,10-17H2,1-2H3,(H3,24,25)(H3,26,29,30). The number of rotatable bonds is 15. The summed E-state index contributed by atoms with van der Waals surface area (Å²) in [5.74, 6) is 4.72. The van der Waals surface area contributed by atoms with Crippen LogP contribution < -0.4 is 21.5 Å². The molecule has 0 unspecified atom stereocenters. The molecule has 0 saturated carbocycles. The molecule has 9 nitrogen and oxygen atoms in total. The van der Waals surface area contributed by atoms with E-state index in [0.29, 0.717) is 25.6 Å². The van der Waals surface area contributed by atoms with Gasteiger partial charge in [0.25, 0.3) is 0 Å². The molecule has 0 spiro atoms. The number of aromatic nitrogens is 2. The Bertz CT molecular complexity index is 912. The summed E-state index contributed by atoms with van der Waals surface area (Å²) in [5, 5.41) is 11.0. The van der Waals surface area contributed by atoms with Crippen molar-refractivity contribution in [3.63, 3.8) is 0 Å². The number of nitrogens with zero attached hydrogens (tertiary/aromatic N) is 4. The third-order valence-electron chi connectivity index (χ3n) is 4.93. The molecule has 6 N–H and O–H groups in total. The summed E-state index contributed by atoms with van der Waals surface area (Å²) in [4.78, 5) is 15.0. The molecule has 2 heterocycles. The average Bonchev–Trinajstić information content (AvgIpc) is 2.83. The number of hydrogen-bond acceptors (Lipinski definition) is 7. The molecule has 34 heavy (non-hydrogen) atoms. The summed E-state index contributed by atoms with van der Waals surface area (Å²) in [6.07, 6.45) is 4.37. The van der Waals surface area contributed by atoms with Crippen molar-refractivity contribution in [3.8, 4) is 5.75 Å². The molecule has 0 bridgehead atoms. The molecule has 186 valence electrons. The summed E-state index contributed by atoms with van der Waals surface area (Å²) in [7, 11) is 1.65. The maximum atomic E-state index is 7.82. The lowest BCUT2D eigenvalue weighted by Crippen LogP contribution is -2.39. The largest absolute Gasteiger partial charge is 0.495 e. The lowest BCUT2D eigenvalue weighted by molar-refractivity contribution is 0.408. The van der Waals surface area contributed by atoms with Gasteiger partial charge in [0.1, 0.15) is 5.75 Å². The van der Waals surface area contributed by atoms with Crippen LogP contribution >= 0.6 is 23.5 Å². The number of thioether (sulfide) groups is 2. The molecule has 0 aliphatic carbocycles. The molecule has 2 aromatic rings. The molecule has 11 heteroatoms. The number of ether oxygens (including phenoxy) is 1. The minimum Gasteiger partial charge on any atom is -0.495 e. The first kappa shape index (κ1) is 27.6. The highest BCUT2D eigenvalue weighted by atomic mass is 32.2. The third-order valence-corrected chi connectivity index (χ3v) is 6.85. The number of hydrogen-bond donors (Lipinski definition) is 4. The van der Waals surface area contributed by atoms with Crippen LogP contribution in [0.5, 0.6) is 5.75 Å². The van der Waals surface area contributed by atoms with Crippen LogP contribution in [-0.4, -0.2) is 71.6 Å². The van der Waals surface area contributed by atoms with Gasteiger partial charge in [0.05, 0.1) is 18.5 Å². The van der Waals surface area contributed by atoms with Gasteiger partial charge in [-0.05, 0) is 37.1 Å². The lowest BCUT2D eigenvalue weighted by Gasteiger charge is -2.22. The average molecular weight is 505 g/mol. The van der Waals surface area contributed by atoms with Gasteiger partial charge >= 0.3 is 0 Å². The summed E-state index contributed by atoms with van der Waals surface area (Å²) >= 11 is 3.55. The second kappa shape index (κ2) is 16.0. The summed E-state index contributed by atoms with van der Waals surface area (Å²) in [6.45, 7) is 4.78. The molecule has 0 atom stereocenters. The Balaban J connectivity index is 1.58. The van der Waals surface area contributed by atoms with Crippen molar-refractivity contribution in [1.29, 1.82) is 5.41 Å². The van der Waals surface area contributed by atoms with E-state index in [9.17, 15) is 0 Å². The quantitative estimate of drug-likeness (QED) is 0.164. The first-order valence-electron chi connectivity index (χ1n) is 11.2. The molecular weight excluding hydrogens is 468 g/mol. The van der Waals surface area contributed by atoms with E-state index in [1.54, 1.807) is 25.1 Å². The number of aliphatic imine (C=N–C) groups is 1. The second-order valence-corrected chi connectivity index (χ2v) is 9.65. The maximum Gasteiger partial charge on any atom is 0.188 e. The summed E-state index contributed by atoms with van der Waals surface area (Å²) < 4.78 is 5.33. The molecule has 0 amide bonds. The monoisotopic (exact) mass is 504 g/mol. The predicted molar refractivity (Wildman–Crippen MR) is 145 cm³/mol. The van der Waals surface area contributed by atoms with Gasteiger partial charge in [-0.3, -0.25) is 20.4 Å². The Kier molecular flexibility index (Phi) is 13.0. The smallest absolute Gasteiger partial charge is 0.188 e. The highest BCUT2D eigenvalue weighted by Gasteiger charge is 2.08. The number of guanidine groups is 2. The fraction of sp³-hybridized carbons (Fsp3) is 0.478. The third kappa shape index (κ3) is 10.5. The van der Waals surface area contributed by atoms with Crippen molar-refractivity contribution >= 4 is 35.4 Å². The molecule has 0 aliphatic rings. The van der Waals surface area contributed by atoms with Crippen molar-refractivity contribution in [3.05, 3.63) is 53.6 Å². The van der Waals surface area contributed by atoms with E-state index in [0.717, 1.165) is 53.1 Å². The van der Waals surface area contributed by atoms with Gasteiger partial charge in [-0.25, -0.2) is 0 Å². The molecule has 0 saturated heterocycles. The Labute approximate surface area is 211 Å². The highest BCUT2D eigenvalue weighted by Crippen LogP contribution is 2.20. The summed E-state index contributed by atoms with van der Waals surface area (Å²) in [5.41, 5.74) is 15.0.